The summed E-state index contributed by atoms with van der Waals surface area (Å²) in [6.45, 7) is 5.26. The van der Waals surface area contributed by atoms with Gasteiger partial charge in [0, 0.05) is 17.6 Å². The van der Waals surface area contributed by atoms with Gasteiger partial charge in [-0.05, 0) is 31.0 Å². The van der Waals surface area contributed by atoms with Gasteiger partial charge in [0.2, 0.25) is 5.91 Å². The Hall–Kier alpha value is -1.95. The molecule has 1 amide bonds. The van der Waals surface area contributed by atoms with Gasteiger partial charge in [-0.25, -0.2) is 4.98 Å². The van der Waals surface area contributed by atoms with E-state index in [1.165, 1.54) is 10.9 Å². The molecule has 1 saturated heterocycles. The number of carbonyl (C=O) groups excluding carboxylic acids is 1. The third-order valence-corrected chi connectivity index (χ3v) is 4.31. The van der Waals surface area contributed by atoms with Crippen LogP contribution in [0.25, 0.3) is 10.9 Å². The van der Waals surface area contributed by atoms with Gasteiger partial charge < -0.3 is 4.90 Å². The third-order valence-electron chi connectivity index (χ3n) is 3.82. The molecular formula is C16H16BrN3O2. The summed E-state index contributed by atoms with van der Waals surface area (Å²) in [6, 6.07) is 5.35. The van der Waals surface area contributed by atoms with E-state index in [4.69, 9.17) is 0 Å². The van der Waals surface area contributed by atoms with Crippen LogP contribution in [0, 0.1) is 0 Å². The average Bonchev–Trinajstić information content (AvgIpc) is 2.50. The van der Waals surface area contributed by atoms with Crippen molar-refractivity contribution in [1.29, 1.82) is 0 Å². The zero-order chi connectivity index (χ0) is 15.7. The minimum Gasteiger partial charge on any atom is -0.337 e. The summed E-state index contributed by atoms with van der Waals surface area (Å²) < 4.78 is 2.18. The first kappa shape index (κ1) is 15.0. The molecule has 1 aromatic carbocycles. The Morgan fingerprint density at radius 3 is 3.00 bits per heavy atom. The van der Waals surface area contributed by atoms with Crippen LogP contribution in [0.5, 0.6) is 0 Å². The van der Waals surface area contributed by atoms with Crippen LogP contribution in [-0.4, -0.2) is 33.4 Å². The summed E-state index contributed by atoms with van der Waals surface area (Å²) in [4.78, 5) is 30.8. The van der Waals surface area contributed by atoms with Crippen LogP contribution >= 0.6 is 15.9 Å². The lowest BCUT2D eigenvalue weighted by Crippen LogP contribution is -2.40. The van der Waals surface area contributed by atoms with Gasteiger partial charge in [-0.1, -0.05) is 28.1 Å². The molecule has 0 unspecified atom stereocenters. The van der Waals surface area contributed by atoms with E-state index in [0.717, 1.165) is 29.4 Å². The number of nitrogens with zero attached hydrogens (tertiary/aromatic N) is 3. The van der Waals surface area contributed by atoms with Crippen LogP contribution in [0.2, 0.25) is 0 Å². The topological polar surface area (TPSA) is 55.2 Å². The molecule has 3 rings (SSSR count). The van der Waals surface area contributed by atoms with Crippen LogP contribution < -0.4 is 5.56 Å². The monoisotopic (exact) mass is 361 g/mol. The number of likely N-dealkylation sites (tertiary alicyclic amines) is 1. The molecule has 0 spiro atoms. The molecule has 0 saturated carbocycles. The fourth-order valence-corrected chi connectivity index (χ4v) is 3.01. The lowest BCUT2D eigenvalue weighted by Gasteiger charge is -2.28. The molecule has 1 fully saturated rings. The number of piperidine rings is 1. The van der Waals surface area contributed by atoms with E-state index in [0.29, 0.717) is 17.4 Å². The van der Waals surface area contributed by atoms with Crippen molar-refractivity contribution in [1.82, 2.24) is 14.5 Å². The highest BCUT2D eigenvalue weighted by molar-refractivity contribution is 9.10. The highest BCUT2D eigenvalue weighted by Gasteiger charge is 2.19. The first-order valence-electron chi connectivity index (χ1n) is 7.14. The number of benzene rings is 1. The van der Waals surface area contributed by atoms with Gasteiger partial charge in [0.15, 0.2) is 0 Å². The summed E-state index contributed by atoms with van der Waals surface area (Å²) in [5.74, 6) is -0.0703. The number of halogens is 1. The lowest BCUT2D eigenvalue weighted by atomic mass is 10.1. The fraction of sp³-hybridized carbons (Fsp3) is 0.312. The van der Waals surface area contributed by atoms with Crippen LogP contribution in [0.3, 0.4) is 0 Å². The molecule has 22 heavy (non-hydrogen) atoms. The second-order valence-corrected chi connectivity index (χ2v) is 6.42. The number of hydrogen-bond donors (Lipinski definition) is 0. The van der Waals surface area contributed by atoms with Gasteiger partial charge >= 0.3 is 0 Å². The van der Waals surface area contributed by atoms with E-state index in [1.54, 1.807) is 17.0 Å². The molecule has 0 atom stereocenters. The van der Waals surface area contributed by atoms with Crippen LogP contribution in [0.15, 0.2) is 45.9 Å². The van der Waals surface area contributed by atoms with E-state index in [2.05, 4.69) is 27.5 Å². The second-order valence-electron chi connectivity index (χ2n) is 5.51. The van der Waals surface area contributed by atoms with E-state index < -0.39 is 0 Å². The third kappa shape index (κ3) is 2.97. The molecule has 0 radical (unpaired) electrons. The number of rotatable bonds is 2. The van der Waals surface area contributed by atoms with Gasteiger partial charge in [0.05, 0.1) is 17.2 Å². The number of carbonyl (C=O) groups is 1. The summed E-state index contributed by atoms with van der Waals surface area (Å²) in [5.41, 5.74) is 1.49. The van der Waals surface area contributed by atoms with Crippen molar-refractivity contribution in [3.05, 3.63) is 51.5 Å². The van der Waals surface area contributed by atoms with Crippen LogP contribution in [-0.2, 0) is 11.3 Å². The van der Waals surface area contributed by atoms with Crippen molar-refractivity contribution in [2.24, 2.45) is 0 Å². The van der Waals surface area contributed by atoms with Crippen molar-refractivity contribution < 1.29 is 4.79 Å². The minimum absolute atomic E-state index is 0.0154. The van der Waals surface area contributed by atoms with Gasteiger partial charge in [-0.2, -0.15) is 0 Å². The Morgan fingerprint density at radius 1 is 1.41 bits per heavy atom. The SMILES string of the molecule is C=C1CCCN(C(=O)Cn2cnc3ccc(Br)cc3c2=O)C1. The minimum atomic E-state index is -0.199. The van der Waals surface area contributed by atoms with Crippen molar-refractivity contribution in [3.8, 4) is 0 Å². The molecule has 1 aliphatic heterocycles. The van der Waals surface area contributed by atoms with Crippen molar-refractivity contribution in [2.75, 3.05) is 13.1 Å². The number of aromatic nitrogens is 2. The maximum Gasteiger partial charge on any atom is 0.261 e. The zero-order valence-corrected chi connectivity index (χ0v) is 13.7. The number of amides is 1. The number of hydrogen-bond acceptors (Lipinski definition) is 3. The summed E-state index contributed by atoms with van der Waals surface area (Å²) in [7, 11) is 0. The van der Waals surface area contributed by atoms with E-state index in [9.17, 15) is 9.59 Å². The number of fused-ring (bicyclic) bond motifs is 1. The standard InChI is InChI=1S/C16H16BrN3O2/c1-11-3-2-6-19(8-11)15(21)9-20-10-18-14-5-4-12(17)7-13(14)16(20)22/h4-5,7,10H,1-3,6,8-9H2. The zero-order valence-electron chi connectivity index (χ0n) is 12.1. The summed E-state index contributed by atoms with van der Waals surface area (Å²) in [5, 5.41) is 0.507. The summed E-state index contributed by atoms with van der Waals surface area (Å²) in [6.07, 6.45) is 3.34. The second kappa shape index (κ2) is 6.04. The molecule has 114 valence electrons. The van der Waals surface area contributed by atoms with E-state index in [1.807, 2.05) is 6.07 Å². The molecule has 0 bridgehead atoms. The molecule has 6 heteroatoms. The molecule has 0 N–H and O–H groups in total. The van der Waals surface area contributed by atoms with Crippen molar-refractivity contribution in [3.63, 3.8) is 0 Å². The molecule has 1 aliphatic rings. The highest BCUT2D eigenvalue weighted by Crippen LogP contribution is 2.16. The maximum absolute atomic E-state index is 12.5. The molecule has 2 aromatic rings. The summed E-state index contributed by atoms with van der Waals surface area (Å²) >= 11 is 3.35. The average molecular weight is 362 g/mol. The van der Waals surface area contributed by atoms with Crippen LogP contribution in [0.1, 0.15) is 12.8 Å². The Kier molecular flexibility index (Phi) is 4.11. The van der Waals surface area contributed by atoms with Gasteiger partial charge in [-0.3, -0.25) is 14.2 Å². The molecular weight excluding hydrogens is 346 g/mol. The Morgan fingerprint density at radius 2 is 2.23 bits per heavy atom. The first-order valence-corrected chi connectivity index (χ1v) is 7.93. The van der Waals surface area contributed by atoms with Crippen molar-refractivity contribution >= 4 is 32.7 Å². The molecule has 5 nitrogen and oxygen atoms in total. The molecule has 1 aromatic heterocycles. The maximum atomic E-state index is 12.5. The van der Waals surface area contributed by atoms with Gasteiger partial charge in [-0.15, -0.1) is 0 Å². The van der Waals surface area contributed by atoms with Gasteiger partial charge in [0.1, 0.15) is 6.54 Å². The van der Waals surface area contributed by atoms with Gasteiger partial charge in [0.25, 0.3) is 5.56 Å². The van der Waals surface area contributed by atoms with Crippen molar-refractivity contribution in [2.45, 2.75) is 19.4 Å². The Balaban J connectivity index is 1.87. The normalized spacial score (nSPS) is 15.3. The lowest BCUT2D eigenvalue weighted by molar-refractivity contribution is -0.132. The van der Waals surface area contributed by atoms with E-state index in [-0.39, 0.29) is 18.0 Å². The molecule has 2 heterocycles. The van der Waals surface area contributed by atoms with Crippen LogP contribution in [0.4, 0.5) is 0 Å². The smallest absolute Gasteiger partial charge is 0.261 e. The first-order chi connectivity index (χ1) is 10.5. The fourth-order valence-electron chi connectivity index (χ4n) is 2.65. The predicted molar refractivity (Wildman–Crippen MR) is 88.7 cm³/mol. The Bertz CT molecular complexity index is 813. The highest BCUT2D eigenvalue weighted by atomic mass is 79.9. The van der Waals surface area contributed by atoms with E-state index >= 15 is 0 Å². The predicted octanol–water partition coefficient (Wildman–Crippen LogP) is 2.34. The largest absolute Gasteiger partial charge is 0.337 e. The molecule has 0 aliphatic carbocycles. The quantitative estimate of drug-likeness (QED) is 0.771. The Labute approximate surface area is 136 Å².